The molecule has 1 aromatic carbocycles. The number of hydrogen-bond donors (Lipinski definition) is 3. The number of benzene rings is 1. The van der Waals surface area contributed by atoms with Crippen LogP contribution < -0.4 is 10.6 Å². The van der Waals surface area contributed by atoms with Crippen molar-refractivity contribution in [2.75, 3.05) is 18.5 Å². The highest BCUT2D eigenvalue weighted by Gasteiger charge is 2.15. The minimum Gasteiger partial charge on any atom is -0.508 e. The highest BCUT2D eigenvalue weighted by atomic mass is 16.5. The molecule has 1 fully saturated rings. The van der Waals surface area contributed by atoms with Crippen molar-refractivity contribution in [1.29, 1.82) is 5.26 Å². The molecule has 1 amide bonds. The number of hydrogen-bond acceptors (Lipinski definition) is 5. The van der Waals surface area contributed by atoms with Crippen LogP contribution in [0.1, 0.15) is 12.8 Å². The third-order valence-electron chi connectivity index (χ3n) is 3.11. The van der Waals surface area contributed by atoms with Crippen molar-refractivity contribution in [3.8, 4) is 11.8 Å². The Morgan fingerprint density at radius 3 is 2.86 bits per heavy atom. The highest BCUT2D eigenvalue weighted by molar-refractivity contribution is 6.06. The molecule has 0 aliphatic carbocycles. The topological polar surface area (TPSA) is 94.4 Å². The Labute approximate surface area is 123 Å². The number of nitriles is 1. The third kappa shape index (κ3) is 4.51. The van der Waals surface area contributed by atoms with Crippen molar-refractivity contribution in [2.45, 2.75) is 18.9 Å². The van der Waals surface area contributed by atoms with Crippen LogP contribution in [0.5, 0.6) is 5.75 Å². The van der Waals surface area contributed by atoms with E-state index in [1.807, 2.05) is 6.07 Å². The molecule has 0 aromatic heterocycles. The summed E-state index contributed by atoms with van der Waals surface area (Å²) in [6, 6.07) is 7.89. The molecule has 6 heteroatoms. The molecule has 1 atom stereocenters. The predicted molar refractivity (Wildman–Crippen MR) is 77.4 cm³/mol. The summed E-state index contributed by atoms with van der Waals surface area (Å²) in [5, 5.41) is 23.7. The number of nitrogens with one attached hydrogen (secondary N) is 2. The van der Waals surface area contributed by atoms with Crippen molar-refractivity contribution in [3.63, 3.8) is 0 Å². The number of ether oxygens (including phenoxy) is 1. The molecule has 110 valence electrons. The molecule has 3 N–H and O–H groups in total. The number of carbonyl (C=O) groups excluding carboxylic acids is 1. The molecule has 1 aliphatic rings. The van der Waals surface area contributed by atoms with Crippen molar-refractivity contribution in [2.24, 2.45) is 0 Å². The lowest BCUT2D eigenvalue weighted by Gasteiger charge is -2.09. The normalized spacial score (nSPS) is 18.0. The quantitative estimate of drug-likeness (QED) is 0.433. The fraction of sp³-hybridized carbons (Fsp3) is 0.333. The fourth-order valence-corrected chi connectivity index (χ4v) is 1.99. The van der Waals surface area contributed by atoms with Gasteiger partial charge in [-0.3, -0.25) is 4.79 Å². The zero-order valence-corrected chi connectivity index (χ0v) is 11.5. The average molecular weight is 287 g/mol. The monoisotopic (exact) mass is 287 g/mol. The predicted octanol–water partition coefficient (Wildman–Crippen LogP) is 1.51. The second-order valence-corrected chi connectivity index (χ2v) is 4.71. The Kier molecular flexibility index (Phi) is 5.18. The van der Waals surface area contributed by atoms with E-state index in [-0.39, 0.29) is 17.4 Å². The van der Waals surface area contributed by atoms with E-state index in [1.165, 1.54) is 18.3 Å². The van der Waals surface area contributed by atoms with Crippen LogP contribution in [0, 0.1) is 11.3 Å². The Bertz CT molecular complexity index is 555. The first-order valence-electron chi connectivity index (χ1n) is 6.74. The number of carbonyl (C=O) groups is 1. The molecule has 0 spiro atoms. The molecule has 1 heterocycles. The molecule has 1 aliphatic heterocycles. The van der Waals surface area contributed by atoms with Crippen LogP contribution in [0.2, 0.25) is 0 Å². The van der Waals surface area contributed by atoms with Gasteiger partial charge < -0.3 is 20.5 Å². The number of amides is 1. The van der Waals surface area contributed by atoms with Gasteiger partial charge in [-0.05, 0) is 37.1 Å². The highest BCUT2D eigenvalue weighted by Crippen LogP contribution is 2.14. The van der Waals surface area contributed by atoms with E-state index in [4.69, 9.17) is 15.1 Å². The van der Waals surface area contributed by atoms with E-state index >= 15 is 0 Å². The number of phenolic OH excluding ortho intramolecular Hbond substituents is 1. The van der Waals surface area contributed by atoms with Crippen molar-refractivity contribution in [1.82, 2.24) is 5.32 Å². The minimum atomic E-state index is -0.497. The lowest BCUT2D eigenvalue weighted by atomic mass is 10.2. The lowest BCUT2D eigenvalue weighted by Crippen LogP contribution is -2.24. The van der Waals surface area contributed by atoms with Crippen LogP contribution in [0.3, 0.4) is 0 Å². The summed E-state index contributed by atoms with van der Waals surface area (Å²) in [6.45, 7) is 1.35. The minimum absolute atomic E-state index is 0.0129. The van der Waals surface area contributed by atoms with Crippen molar-refractivity contribution < 1.29 is 14.6 Å². The van der Waals surface area contributed by atoms with Gasteiger partial charge in [0, 0.05) is 25.0 Å². The fourth-order valence-electron chi connectivity index (χ4n) is 1.99. The first-order valence-corrected chi connectivity index (χ1v) is 6.74. The van der Waals surface area contributed by atoms with Gasteiger partial charge in [0.25, 0.3) is 5.91 Å². The second kappa shape index (κ2) is 7.31. The van der Waals surface area contributed by atoms with Gasteiger partial charge in [0.1, 0.15) is 17.4 Å². The molecule has 21 heavy (non-hydrogen) atoms. The zero-order valence-electron chi connectivity index (χ0n) is 11.5. The van der Waals surface area contributed by atoms with Crippen LogP contribution in [-0.4, -0.2) is 30.3 Å². The molecule has 1 aromatic rings. The number of aromatic hydroxyl groups is 1. The lowest BCUT2D eigenvalue weighted by molar-refractivity contribution is -0.112. The van der Waals surface area contributed by atoms with Gasteiger partial charge in [-0.25, -0.2) is 0 Å². The third-order valence-corrected chi connectivity index (χ3v) is 3.11. The summed E-state index contributed by atoms with van der Waals surface area (Å²) in [7, 11) is 0. The van der Waals surface area contributed by atoms with Gasteiger partial charge in [-0.1, -0.05) is 0 Å². The van der Waals surface area contributed by atoms with Gasteiger partial charge in [0.15, 0.2) is 0 Å². The number of phenols is 1. The maximum Gasteiger partial charge on any atom is 0.267 e. The van der Waals surface area contributed by atoms with Gasteiger partial charge in [0.05, 0.1) is 6.10 Å². The van der Waals surface area contributed by atoms with Crippen LogP contribution in [0.25, 0.3) is 0 Å². The van der Waals surface area contributed by atoms with Gasteiger partial charge >= 0.3 is 0 Å². The molecule has 1 saturated heterocycles. The molecule has 1 unspecified atom stereocenters. The van der Waals surface area contributed by atoms with Crippen LogP contribution in [0.15, 0.2) is 36.0 Å². The Hall–Kier alpha value is -2.52. The SMILES string of the molecule is N#C/C(=C/NCC1CCCO1)C(=O)Nc1ccc(O)cc1. The van der Waals surface area contributed by atoms with E-state index in [9.17, 15) is 4.79 Å². The van der Waals surface area contributed by atoms with Crippen molar-refractivity contribution >= 4 is 11.6 Å². The van der Waals surface area contributed by atoms with Crippen molar-refractivity contribution in [3.05, 3.63) is 36.0 Å². The van der Waals surface area contributed by atoms with E-state index in [2.05, 4.69) is 10.6 Å². The summed E-state index contributed by atoms with van der Waals surface area (Å²) in [5.74, 6) is -0.384. The second-order valence-electron chi connectivity index (χ2n) is 4.71. The Morgan fingerprint density at radius 1 is 1.48 bits per heavy atom. The summed E-state index contributed by atoms with van der Waals surface area (Å²) >= 11 is 0. The molecule has 0 saturated carbocycles. The molecular weight excluding hydrogens is 270 g/mol. The van der Waals surface area contributed by atoms with E-state index in [1.54, 1.807) is 12.1 Å². The molecular formula is C15H17N3O3. The molecule has 2 rings (SSSR count). The van der Waals surface area contributed by atoms with Crippen LogP contribution >= 0.6 is 0 Å². The number of rotatable bonds is 5. The molecule has 0 bridgehead atoms. The summed E-state index contributed by atoms with van der Waals surface area (Å²) in [4.78, 5) is 11.9. The first-order chi connectivity index (χ1) is 10.2. The summed E-state index contributed by atoms with van der Waals surface area (Å²) in [6.07, 6.45) is 3.57. The van der Waals surface area contributed by atoms with E-state index < -0.39 is 5.91 Å². The first kappa shape index (κ1) is 14.9. The van der Waals surface area contributed by atoms with Gasteiger partial charge in [-0.2, -0.15) is 5.26 Å². The standard InChI is InChI=1S/C15H17N3O3/c16-8-11(9-17-10-14-2-1-7-21-14)15(20)18-12-3-5-13(19)6-4-12/h3-6,9,14,17,19H,1-2,7,10H2,(H,18,20)/b11-9-. The molecule has 6 nitrogen and oxygen atoms in total. The number of nitrogens with zero attached hydrogens (tertiary/aromatic N) is 1. The van der Waals surface area contributed by atoms with E-state index in [0.29, 0.717) is 12.2 Å². The average Bonchev–Trinajstić information content (AvgIpc) is 2.99. The summed E-state index contributed by atoms with van der Waals surface area (Å²) < 4.78 is 5.44. The smallest absolute Gasteiger partial charge is 0.267 e. The number of anilines is 1. The molecule has 0 radical (unpaired) electrons. The van der Waals surface area contributed by atoms with Crippen LogP contribution in [-0.2, 0) is 9.53 Å². The Morgan fingerprint density at radius 2 is 2.24 bits per heavy atom. The zero-order chi connectivity index (χ0) is 15.1. The van der Waals surface area contributed by atoms with Crippen LogP contribution in [0.4, 0.5) is 5.69 Å². The van der Waals surface area contributed by atoms with Gasteiger partial charge in [-0.15, -0.1) is 0 Å². The summed E-state index contributed by atoms with van der Waals surface area (Å²) in [5.41, 5.74) is 0.499. The Balaban J connectivity index is 1.88. The maximum absolute atomic E-state index is 11.9. The maximum atomic E-state index is 11.9. The largest absolute Gasteiger partial charge is 0.508 e. The van der Waals surface area contributed by atoms with E-state index in [0.717, 1.165) is 19.4 Å². The van der Waals surface area contributed by atoms with Gasteiger partial charge in [0.2, 0.25) is 0 Å².